The molecular formula is C8H19N5. The lowest BCUT2D eigenvalue weighted by molar-refractivity contribution is 0.484. The topological polar surface area (TPSA) is 91.5 Å². The third-order valence-corrected chi connectivity index (χ3v) is 1.73. The van der Waals surface area contributed by atoms with Gasteiger partial charge in [-0.2, -0.15) is 0 Å². The van der Waals surface area contributed by atoms with E-state index in [1.165, 1.54) is 4.90 Å². The van der Waals surface area contributed by atoms with E-state index in [0.29, 0.717) is 18.4 Å². The average molecular weight is 185 g/mol. The van der Waals surface area contributed by atoms with Crippen molar-refractivity contribution in [1.29, 1.82) is 5.41 Å². The van der Waals surface area contributed by atoms with Crippen LogP contribution in [0.1, 0.15) is 20.3 Å². The van der Waals surface area contributed by atoms with Gasteiger partial charge in [0, 0.05) is 13.6 Å². The molecule has 5 heteroatoms. The van der Waals surface area contributed by atoms with Crippen LogP contribution in [0.2, 0.25) is 0 Å². The molecule has 0 unspecified atom stereocenters. The number of rotatable bonds is 3. The average Bonchev–Trinajstić information content (AvgIpc) is 2.03. The number of nitrogens with one attached hydrogen (secondary N) is 1. The van der Waals surface area contributed by atoms with Gasteiger partial charge in [0.2, 0.25) is 0 Å². The molecule has 13 heavy (non-hydrogen) atoms. The summed E-state index contributed by atoms with van der Waals surface area (Å²) >= 11 is 0. The molecule has 0 amide bonds. The molecule has 0 rings (SSSR count). The van der Waals surface area contributed by atoms with Crippen molar-refractivity contribution in [2.24, 2.45) is 22.4 Å². The van der Waals surface area contributed by atoms with Gasteiger partial charge >= 0.3 is 0 Å². The van der Waals surface area contributed by atoms with Gasteiger partial charge in [0.05, 0.1) is 0 Å². The SMILES string of the molecule is CN=C(N)N(CCC(C)C)C(=N)N. The van der Waals surface area contributed by atoms with Crippen LogP contribution >= 0.6 is 0 Å². The summed E-state index contributed by atoms with van der Waals surface area (Å²) in [6, 6.07) is 0. The van der Waals surface area contributed by atoms with E-state index < -0.39 is 0 Å². The van der Waals surface area contributed by atoms with Crippen LogP contribution in [0.3, 0.4) is 0 Å². The van der Waals surface area contributed by atoms with Crippen LogP contribution in [-0.4, -0.2) is 30.4 Å². The molecule has 0 aromatic carbocycles. The van der Waals surface area contributed by atoms with Gasteiger partial charge in [0.15, 0.2) is 11.9 Å². The van der Waals surface area contributed by atoms with E-state index in [1.54, 1.807) is 7.05 Å². The largest absolute Gasteiger partial charge is 0.370 e. The van der Waals surface area contributed by atoms with Crippen molar-refractivity contribution in [3.63, 3.8) is 0 Å². The molecule has 0 bridgehead atoms. The molecule has 5 nitrogen and oxygen atoms in total. The highest BCUT2D eigenvalue weighted by atomic mass is 15.3. The predicted molar refractivity (Wildman–Crippen MR) is 55.6 cm³/mol. The van der Waals surface area contributed by atoms with E-state index in [2.05, 4.69) is 18.8 Å². The highest BCUT2D eigenvalue weighted by Crippen LogP contribution is 2.01. The number of hydrogen-bond acceptors (Lipinski definition) is 2. The fourth-order valence-corrected chi connectivity index (χ4v) is 0.866. The van der Waals surface area contributed by atoms with Crippen molar-refractivity contribution in [1.82, 2.24) is 4.90 Å². The molecule has 0 saturated carbocycles. The second-order valence-corrected chi connectivity index (χ2v) is 3.30. The van der Waals surface area contributed by atoms with E-state index in [1.807, 2.05) is 0 Å². The van der Waals surface area contributed by atoms with Crippen LogP contribution < -0.4 is 11.5 Å². The van der Waals surface area contributed by atoms with Gasteiger partial charge in [-0.3, -0.25) is 15.3 Å². The van der Waals surface area contributed by atoms with Gasteiger partial charge in [0.25, 0.3) is 0 Å². The normalized spacial score (nSPS) is 11.8. The van der Waals surface area contributed by atoms with Crippen LogP contribution in [0.4, 0.5) is 0 Å². The van der Waals surface area contributed by atoms with E-state index in [9.17, 15) is 0 Å². The summed E-state index contributed by atoms with van der Waals surface area (Å²) in [5.41, 5.74) is 10.9. The molecule has 0 spiro atoms. The molecule has 0 aromatic heterocycles. The zero-order valence-electron chi connectivity index (χ0n) is 8.54. The fourth-order valence-electron chi connectivity index (χ4n) is 0.866. The molecule has 0 aliphatic heterocycles. The van der Waals surface area contributed by atoms with Crippen LogP contribution in [-0.2, 0) is 0 Å². The minimum absolute atomic E-state index is 0.0521. The Labute approximate surface area is 79.3 Å². The van der Waals surface area contributed by atoms with Crippen molar-refractivity contribution in [2.75, 3.05) is 13.6 Å². The van der Waals surface area contributed by atoms with E-state index >= 15 is 0 Å². The Hall–Kier alpha value is -1.26. The van der Waals surface area contributed by atoms with E-state index in [-0.39, 0.29) is 5.96 Å². The first-order chi connectivity index (χ1) is 5.99. The molecular weight excluding hydrogens is 166 g/mol. The molecule has 0 saturated heterocycles. The molecule has 0 fully saturated rings. The summed E-state index contributed by atoms with van der Waals surface area (Å²) in [6.45, 7) is 4.87. The summed E-state index contributed by atoms with van der Waals surface area (Å²) in [4.78, 5) is 5.29. The van der Waals surface area contributed by atoms with Crippen molar-refractivity contribution in [3.05, 3.63) is 0 Å². The van der Waals surface area contributed by atoms with Crippen molar-refractivity contribution in [3.8, 4) is 0 Å². The molecule has 0 heterocycles. The molecule has 0 aliphatic rings. The van der Waals surface area contributed by atoms with Gasteiger partial charge in [-0.15, -0.1) is 0 Å². The third-order valence-electron chi connectivity index (χ3n) is 1.73. The highest BCUT2D eigenvalue weighted by Gasteiger charge is 2.10. The number of aliphatic imine (C=N–C) groups is 1. The summed E-state index contributed by atoms with van der Waals surface area (Å²) in [6.07, 6.45) is 0.940. The number of guanidine groups is 2. The summed E-state index contributed by atoms with van der Waals surface area (Å²) in [5, 5.41) is 7.27. The second kappa shape index (κ2) is 5.40. The van der Waals surface area contributed by atoms with Crippen molar-refractivity contribution < 1.29 is 0 Å². The van der Waals surface area contributed by atoms with Crippen LogP contribution in [0.5, 0.6) is 0 Å². The smallest absolute Gasteiger partial charge is 0.197 e. The number of nitrogens with zero attached hydrogens (tertiary/aromatic N) is 2. The molecule has 76 valence electrons. The predicted octanol–water partition coefficient (Wildman–Crippen LogP) is 0.172. The Balaban J connectivity index is 4.20. The monoisotopic (exact) mass is 185 g/mol. The highest BCUT2D eigenvalue weighted by molar-refractivity contribution is 5.95. The zero-order chi connectivity index (χ0) is 10.4. The minimum atomic E-state index is -0.0521. The Bertz CT molecular complexity index is 197. The fraction of sp³-hybridized carbons (Fsp3) is 0.750. The lowest BCUT2D eigenvalue weighted by Gasteiger charge is -2.21. The quantitative estimate of drug-likeness (QED) is 0.432. The van der Waals surface area contributed by atoms with Gasteiger partial charge in [-0.25, -0.2) is 0 Å². The van der Waals surface area contributed by atoms with Crippen molar-refractivity contribution >= 4 is 11.9 Å². The maximum Gasteiger partial charge on any atom is 0.197 e. The molecule has 0 aromatic rings. The first kappa shape index (κ1) is 11.7. The van der Waals surface area contributed by atoms with Gasteiger partial charge in [-0.1, -0.05) is 13.8 Å². The van der Waals surface area contributed by atoms with E-state index in [0.717, 1.165) is 6.42 Å². The molecule has 0 aliphatic carbocycles. The first-order valence-corrected chi connectivity index (χ1v) is 4.32. The molecule has 0 atom stereocenters. The summed E-state index contributed by atoms with van der Waals surface area (Å²) < 4.78 is 0. The second-order valence-electron chi connectivity index (χ2n) is 3.30. The van der Waals surface area contributed by atoms with Gasteiger partial charge < -0.3 is 11.5 Å². The van der Waals surface area contributed by atoms with Gasteiger partial charge in [0.1, 0.15) is 0 Å². The molecule has 5 N–H and O–H groups in total. The Morgan fingerprint density at radius 1 is 1.46 bits per heavy atom. The Morgan fingerprint density at radius 3 is 2.31 bits per heavy atom. The molecule has 0 radical (unpaired) electrons. The van der Waals surface area contributed by atoms with Crippen LogP contribution in [0.25, 0.3) is 0 Å². The zero-order valence-corrected chi connectivity index (χ0v) is 8.54. The maximum absolute atomic E-state index is 7.27. The number of nitrogens with two attached hydrogens (primary N) is 2. The lowest BCUT2D eigenvalue weighted by Crippen LogP contribution is -2.46. The van der Waals surface area contributed by atoms with E-state index in [4.69, 9.17) is 16.9 Å². The standard InChI is InChI=1S/C8H19N5/c1-6(2)4-5-13(7(9)10)8(11)12-3/h6H,4-5H2,1-3H3,(H3,9,10)(H2,11,12). The Morgan fingerprint density at radius 2 is 2.00 bits per heavy atom. The summed E-state index contributed by atoms with van der Waals surface area (Å²) in [7, 11) is 1.58. The lowest BCUT2D eigenvalue weighted by atomic mass is 10.1. The van der Waals surface area contributed by atoms with Crippen LogP contribution in [0.15, 0.2) is 4.99 Å². The third kappa shape index (κ3) is 4.35. The van der Waals surface area contributed by atoms with Gasteiger partial charge in [-0.05, 0) is 12.3 Å². The number of hydrogen-bond donors (Lipinski definition) is 3. The Kier molecular flexibility index (Phi) is 4.87. The first-order valence-electron chi connectivity index (χ1n) is 4.32. The van der Waals surface area contributed by atoms with Crippen molar-refractivity contribution in [2.45, 2.75) is 20.3 Å². The minimum Gasteiger partial charge on any atom is -0.370 e. The summed E-state index contributed by atoms with van der Waals surface area (Å²) in [5.74, 6) is 0.809. The maximum atomic E-state index is 7.27. The van der Waals surface area contributed by atoms with Crippen LogP contribution in [0, 0.1) is 11.3 Å².